The third kappa shape index (κ3) is 4.89. The van der Waals surface area contributed by atoms with Crippen molar-refractivity contribution >= 4 is 58.1 Å². The van der Waals surface area contributed by atoms with E-state index in [0.717, 1.165) is 10.5 Å². The van der Waals surface area contributed by atoms with Gasteiger partial charge in [-0.3, -0.25) is 19.3 Å². The summed E-state index contributed by atoms with van der Waals surface area (Å²) in [6.07, 6.45) is 1.48. The number of primary amides is 1. The zero-order valence-corrected chi connectivity index (χ0v) is 18.0. The highest BCUT2D eigenvalue weighted by atomic mass is 35.5. The van der Waals surface area contributed by atoms with E-state index in [1.54, 1.807) is 18.2 Å². The number of methoxy groups -OCH3 is 1. The van der Waals surface area contributed by atoms with E-state index in [2.05, 4.69) is 0 Å². The van der Waals surface area contributed by atoms with Gasteiger partial charge in [0.25, 0.3) is 11.1 Å². The Kier molecular flexibility index (Phi) is 6.91. The molecule has 10 heteroatoms. The molecular weight excluding hydrogens is 451 g/mol. The van der Waals surface area contributed by atoms with Gasteiger partial charge in [0.15, 0.2) is 11.5 Å². The average molecular weight is 467 g/mol. The first kappa shape index (κ1) is 22.0. The molecule has 3 rings (SSSR count). The Morgan fingerprint density at radius 3 is 2.60 bits per heavy atom. The minimum Gasteiger partial charge on any atom is -0.493 e. The van der Waals surface area contributed by atoms with Gasteiger partial charge in [0.2, 0.25) is 5.91 Å². The van der Waals surface area contributed by atoms with Crippen LogP contribution >= 0.6 is 35.0 Å². The van der Waals surface area contributed by atoms with Gasteiger partial charge >= 0.3 is 0 Å². The van der Waals surface area contributed by atoms with E-state index in [4.69, 9.17) is 38.4 Å². The van der Waals surface area contributed by atoms with Crippen molar-refractivity contribution in [3.63, 3.8) is 0 Å². The van der Waals surface area contributed by atoms with Crippen LogP contribution in [0.4, 0.5) is 4.79 Å². The van der Waals surface area contributed by atoms with Gasteiger partial charge in [-0.05, 0) is 41.6 Å². The lowest BCUT2D eigenvalue weighted by Crippen LogP contribution is -2.36. The van der Waals surface area contributed by atoms with Gasteiger partial charge < -0.3 is 15.2 Å². The molecule has 0 bridgehead atoms. The van der Waals surface area contributed by atoms with Gasteiger partial charge in [-0.15, -0.1) is 0 Å². The number of rotatable bonds is 7. The second-order valence-corrected chi connectivity index (χ2v) is 7.96. The third-order valence-corrected chi connectivity index (χ3v) is 5.62. The highest BCUT2D eigenvalue weighted by Gasteiger charge is 2.35. The van der Waals surface area contributed by atoms with Crippen molar-refractivity contribution in [3.05, 3.63) is 62.5 Å². The van der Waals surface area contributed by atoms with Gasteiger partial charge in [-0.1, -0.05) is 41.4 Å². The third-order valence-electron chi connectivity index (χ3n) is 4.07. The van der Waals surface area contributed by atoms with Crippen molar-refractivity contribution in [3.8, 4) is 11.5 Å². The normalized spacial score (nSPS) is 15.0. The summed E-state index contributed by atoms with van der Waals surface area (Å²) in [5.41, 5.74) is 6.38. The predicted molar refractivity (Wildman–Crippen MR) is 116 cm³/mol. The number of benzene rings is 2. The molecule has 0 saturated carbocycles. The maximum Gasteiger partial charge on any atom is 0.294 e. The van der Waals surface area contributed by atoms with Crippen LogP contribution in [0, 0.1) is 0 Å². The van der Waals surface area contributed by atoms with Gasteiger partial charge in [0, 0.05) is 10.6 Å². The van der Waals surface area contributed by atoms with Crippen molar-refractivity contribution < 1.29 is 23.9 Å². The average Bonchev–Trinajstić information content (AvgIpc) is 2.95. The van der Waals surface area contributed by atoms with E-state index in [1.165, 1.54) is 13.2 Å². The quantitative estimate of drug-likeness (QED) is 0.616. The van der Waals surface area contributed by atoms with Crippen molar-refractivity contribution in [2.24, 2.45) is 5.73 Å². The Hall–Kier alpha value is -2.68. The highest BCUT2D eigenvalue weighted by Crippen LogP contribution is 2.39. The monoisotopic (exact) mass is 466 g/mol. The van der Waals surface area contributed by atoms with Crippen LogP contribution in [-0.4, -0.2) is 35.6 Å². The van der Waals surface area contributed by atoms with Gasteiger partial charge in [-0.2, -0.15) is 0 Å². The first-order valence-corrected chi connectivity index (χ1v) is 10.1. The van der Waals surface area contributed by atoms with E-state index >= 15 is 0 Å². The molecule has 0 aliphatic carbocycles. The second-order valence-electron chi connectivity index (χ2n) is 6.15. The molecule has 0 atom stereocenters. The van der Waals surface area contributed by atoms with Crippen molar-refractivity contribution in [1.29, 1.82) is 0 Å². The Morgan fingerprint density at radius 2 is 1.93 bits per heavy atom. The van der Waals surface area contributed by atoms with E-state index < -0.39 is 23.6 Å². The Labute approximate surface area is 186 Å². The molecule has 156 valence electrons. The van der Waals surface area contributed by atoms with Crippen LogP contribution in [0.15, 0.2) is 41.3 Å². The van der Waals surface area contributed by atoms with Crippen LogP contribution in [0.1, 0.15) is 11.1 Å². The lowest BCUT2D eigenvalue weighted by Gasteiger charge is -2.14. The fourth-order valence-electron chi connectivity index (χ4n) is 2.67. The molecule has 1 aliphatic rings. The molecule has 1 aliphatic heterocycles. The summed E-state index contributed by atoms with van der Waals surface area (Å²) in [4.78, 5) is 36.3. The summed E-state index contributed by atoms with van der Waals surface area (Å²) >= 11 is 13.2. The number of amides is 3. The fraction of sp³-hybridized carbons (Fsp3) is 0.150. The minimum absolute atomic E-state index is 0.143. The molecule has 7 nitrogen and oxygen atoms in total. The number of nitrogens with two attached hydrogens (primary N) is 1. The van der Waals surface area contributed by atoms with Crippen LogP contribution in [0.2, 0.25) is 10.0 Å². The van der Waals surface area contributed by atoms with Crippen LogP contribution in [0.5, 0.6) is 11.5 Å². The number of hydrogen-bond acceptors (Lipinski definition) is 6. The van der Waals surface area contributed by atoms with Crippen LogP contribution < -0.4 is 15.2 Å². The molecule has 1 saturated heterocycles. The van der Waals surface area contributed by atoms with Gasteiger partial charge in [0.05, 0.1) is 17.0 Å². The number of carbonyl (C=O) groups is 3. The Morgan fingerprint density at radius 1 is 1.20 bits per heavy atom. The minimum atomic E-state index is -0.775. The van der Waals surface area contributed by atoms with E-state index in [0.29, 0.717) is 33.8 Å². The SMILES string of the molecule is COc1cc(/C=C2\SC(=O)N(CC(N)=O)C2=O)cc(Cl)c1OCc1ccccc1Cl. The van der Waals surface area contributed by atoms with E-state index in [-0.39, 0.29) is 16.5 Å². The number of imide groups is 1. The summed E-state index contributed by atoms with van der Waals surface area (Å²) in [7, 11) is 1.46. The zero-order chi connectivity index (χ0) is 21.8. The smallest absolute Gasteiger partial charge is 0.294 e. The lowest BCUT2D eigenvalue weighted by molar-refractivity contribution is -0.127. The number of carbonyl (C=O) groups excluding carboxylic acids is 3. The highest BCUT2D eigenvalue weighted by molar-refractivity contribution is 8.18. The fourth-order valence-corrected chi connectivity index (χ4v) is 3.97. The predicted octanol–water partition coefficient (Wildman–Crippen LogP) is 4.10. The number of halogens is 2. The Balaban J connectivity index is 1.84. The maximum absolute atomic E-state index is 12.4. The molecule has 2 aromatic rings. The van der Waals surface area contributed by atoms with Crippen LogP contribution in [0.3, 0.4) is 0 Å². The molecule has 30 heavy (non-hydrogen) atoms. The van der Waals surface area contributed by atoms with Crippen LogP contribution in [0.25, 0.3) is 6.08 Å². The van der Waals surface area contributed by atoms with Crippen molar-refractivity contribution in [2.75, 3.05) is 13.7 Å². The molecular formula is C20H16Cl2N2O5S. The second kappa shape index (κ2) is 9.42. The molecule has 2 aromatic carbocycles. The van der Waals surface area contributed by atoms with Crippen molar-refractivity contribution in [1.82, 2.24) is 4.90 Å². The molecule has 0 unspecified atom stereocenters. The first-order valence-electron chi connectivity index (χ1n) is 8.57. The number of thioether (sulfide) groups is 1. The molecule has 1 fully saturated rings. The molecule has 0 spiro atoms. The van der Waals surface area contributed by atoms with Crippen molar-refractivity contribution in [2.45, 2.75) is 6.61 Å². The van der Waals surface area contributed by atoms with Gasteiger partial charge in [0.1, 0.15) is 13.2 Å². The summed E-state index contributed by atoms with van der Waals surface area (Å²) in [6, 6.07) is 10.5. The number of nitrogens with zero attached hydrogens (tertiary/aromatic N) is 1. The van der Waals surface area contributed by atoms with Crippen LogP contribution in [-0.2, 0) is 16.2 Å². The van der Waals surface area contributed by atoms with Gasteiger partial charge in [-0.25, -0.2) is 0 Å². The maximum atomic E-state index is 12.4. The van der Waals surface area contributed by atoms with E-state index in [1.807, 2.05) is 18.2 Å². The van der Waals surface area contributed by atoms with E-state index in [9.17, 15) is 14.4 Å². The topological polar surface area (TPSA) is 98.9 Å². The first-order chi connectivity index (χ1) is 14.3. The zero-order valence-electron chi connectivity index (χ0n) is 15.7. The summed E-state index contributed by atoms with van der Waals surface area (Å²) in [6.45, 7) is -0.290. The standard InChI is InChI=1S/C20H16Cl2N2O5S/c1-28-15-7-11(8-16-19(26)24(9-17(23)25)20(27)30-16)6-14(22)18(15)29-10-12-4-2-3-5-13(12)21/h2-8H,9-10H2,1H3,(H2,23,25)/b16-8-. The molecule has 0 aromatic heterocycles. The summed E-state index contributed by atoms with van der Waals surface area (Å²) in [5, 5.41) is 0.253. The molecule has 0 radical (unpaired) electrons. The summed E-state index contributed by atoms with van der Waals surface area (Å²) in [5.74, 6) is -0.712. The molecule has 2 N–H and O–H groups in total. The molecule has 1 heterocycles. The largest absolute Gasteiger partial charge is 0.493 e. The molecule has 3 amide bonds. The Bertz CT molecular complexity index is 1060. The number of hydrogen-bond donors (Lipinski definition) is 1. The summed E-state index contributed by atoms with van der Waals surface area (Å²) < 4.78 is 11.2. The number of ether oxygens (including phenoxy) is 2. The lowest BCUT2D eigenvalue weighted by atomic mass is 10.1.